The lowest BCUT2D eigenvalue weighted by atomic mass is 10.1. The van der Waals surface area contributed by atoms with Crippen molar-refractivity contribution in [3.8, 4) is 11.4 Å². The van der Waals surface area contributed by atoms with Gasteiger partial charge in [0.15, 0.2) is 5.82 Å². The van der Waals surface area contributed by atoms with Gasteiger partial charge in [0.1, 0.15) is 10.7 Å². The van der Waals surface area contributed by atoms with E-state index in [0.717, 1.165) is 65.9 Å². The minimum Gasteiger partial charge on any atom is -0.321 e. The Morgan fingerprint density at radius 1 is 1.23 bits per heavy atom. The van der Waals surface area contributed by atoms with Gasteiger partial charge >= 0.3 is 0 Å². The molecule has 0 saturated carbocycles. The number of aromatic nitrogens is 5. The molecule has 0 spiro atoms. The molecular formula is C18H20N6OS. The summed E-state index contributed by atoms with van der Waals surface area (Å²) in [6.45, 7) is 2.91. The molecule has 1 aliphatic rings. The van der Waals surface area contributed by atoms with Gasteiger partial charge in [0.05, 0.1) is 5.69 Å². The number of benzene rings is 1. The SMILES string of the molecule is CCc1nnsc1C(=O)Nc1cccc(-c2nnc3n2CCCCC3)c1. The highest BCUT2D eigenvalue weighted by atomic mass is 32.1. The van der Waals surface area contributed by atoms with Crippen molar-refractivity contribution in [1.82, 2.24) is 24.4 Å². The fourth-order valence-electron chi connectivity index (χ4n) is 3.23. The van der Waals surface area contributed by atoms with Gasteiger partial charge in [-0.05, 0) is 42.9 Å². The standard InChI is InChI=1S/C18H20N6OS/c1-2-14-16(26-23-20-14)18(25)19-13-8-6-7-12(11-13)17-22-21-15-9-4-3-5-10-24(15)17/h6-8,11H,2-5,9-10H2,1H3,(H,19,25). The summed E-state index contributed by atoms with van der Waals surface area (Å²) in [6.07, 6.45) is 5.19. The van der Waals surface area contributed by atoms with E-state index in [1.807, 2.05) is 31.2 Å². The molecule has 7 nitrogen and oxygen atoms in total. The van der Waals surface area contributed by atoms with E-state index in [9.17, 15) is 4.79 Å². The van der Waals surface area contributed by atoms with Gasteiger partial charge in [-0.15, -0.1) is 15.3 Å². The summed E-state index contributed by atoms with van der Waals surface area (Å²) in [5.41, 5.74) is 2.42. The van der Waals surface area contributed by atoms with E-state index < -0.39 is 0 Å². The van der Waals surface area contributed by atoms with Gasteiger partial charge in [-0.1, -0.05) is 30.0 Å². The fourth-order valence-corrected chi connectivity index (χ4v) is 3.88. The summed E-state index contributed by atoms with van der Waals surface area (Å²) in [5.74, 6) is 1.75. The molecule has 0 bridgehead atoms. The Labute approximate surface area is 155 Å². The van der Waals surface area contributed by atoms with Crippen LogP contribution in [0, 0.1) is 0 Å². The maximum atomic E-state index is 12.5. The van der Waals surface area contributed by atoms with E-state index in [-0.39, 0.29) is 5.91 Å². The molecule has 0 radical (unpaired) electrons. The molecule has 1 N–H and O–H groups in total. The molecule has 0 saturated heterocycles. The van der Waals surface area contributed by atoms with Crippen LogP contribution in [-0.4, -0.2) is 30.3 Å². The lowest BCUT2D eigenvalue weighted by molar-refractivity contribution is 0.102. The molecule has 4 rings (SSSR count). The molecule has 3 heterocycles. The molecule has 0 aliphatic carbocycles. The number of nitrogens with one attached hydrogen (secondary N) is 1. The van der Waals surface area contributed by atoms with Crippen molar-refractivity contribution in [2.24, 2.45) is 0 Å². The van der Waals surface area contributed by atoms with Crippen LogP contribution in [0.5, 0.6) is 0 Å². The Morgan fingerprint density at radius 3 is 3.04 bits per heavy atom. The topological polar surface area (TPSA) is 85.6 Å². The smallest absolute Gasteiger partial charge is 0.269 e. The lowest BCUT2D eigenvalue weighted by Crippen LogP contribution is -2.12. The molecule has 0 fully saturated rings. The van der Waals surface area contributed by atoms with Crippen molar-refractivity contribution >= 4 is 23.1 Å². The zero-order valence-electron chi connectivity index (χ0n) is 14.6. The molecule has 1 aliphatic heterocycles. The highest BCUT2D eigenvalue weighted by Gasteiger charge is 2.18. The van der Waals surface area contributed by atoms with Crippen molar-refractivity contribution in [1.29, 1.82) is 0 Å². The first-order valence-corrected chi connectivity index (χ1v) is 9.68. The number of aryl methyl sites for hydroxylation is 2. The summed E-state index contributed by atoms with van der Waals surface area (Å²) in [5, 5.41) is 15.7. The molecule has 0 atom stereocenters. The molecule has 1 aromatic carbocycles. The maximum absolute atomic E-state index is 12.5. The summed E-state index contributed by atoms with van der Waals surface area (Å²) < 4.78 is 6.08. The van der Waals surface area contributed by atoms with Crippen molar-refractivity contribution in [2.45, 2.75) is 45.6 Å². The van der Waals surface area contributed by atoms with E-state index >= 15 is 0 Å². The number of nitrogens with zero attached hydrogens (tertiary/aromatic N) is 5. The monoisotopic (exact) mass is 368 g/mol. The van der Waals surface area contributed by atoms with Gasteiger partial charge in [0.25, 0.3) is 5.91 Å². The zero-order valence-corrected chi connectivity index (χ0v) is 15.4. The van der Waals surface area contributed by atoms with Gasteiger partial charge in [-0.3, -0.25) is 4.79 Å². The number of hydrogen-bond acceptors (Lipinski definition) is 6. The van der Waals surface area contributed by atoms with Crippen molar-refractivity contribution in [3.05, 3.63) is 40.7 Å². The van der Waals surface area contributed by atoms with Gasteiger partial charge in [0.2, 0.25) is 0 Å². The van der Waals surface area contributed by atoms with Gasteiger partial charge in [0, 0.05) is 24.2 Å². The summed E-state index contributed by atoms with van der Waals surface area (Å²) in [7, 11) is 0. The average molecular weight is 368 g/mol. The Hall–Kier alpha value is -2.61. The van der Waals surface area contributed by atoms with Crippen LogP contribution in [0.2, 0.25) is 0 Å². The molecule has 1 amide bonds. The molecule has 0 unspecified atom stereocenters. The van der Waals surface area contributed by atoms with E-state index in [0.29, 0.717) is 11.3 Å². The minimum atomic E-state index is -0.172. The number of amides is 1. The second kappa shape index (κ2) is 7.33. The Morgan fingerprint density at radius 2 is 2.15 bits per heavy atom. The Kier molecular flexibility index (Phi) is 4.75. The van der Waals surface area contributed by atoms with Gasteiger partial charge < -0.3 is 9.88 Å². The van der Waals surface area contributed by atoms with Crippen LogP contribution >= 0.6 is 11.5 Å². The van der Waals surface area contributed by atoms with E-state index in [1.54, 1.807) is 0 Å². The predicted octanol–water partition coefficient (Wildman–Crippen LogP) is 3.34. The first-order chi connectivity index (χ1) is 12.8. The second-order valence-electron chi connectivity index (χ2n) is 6.34. The highest BCUT2D eigenvalue weighted by molar-refractivity contribution is 7.08. The number of carbonyl (C=O) groups is 1. The van der Waals surface area contributed by atoms with Crippen LogP contribution in [-0.2, 0) is 19.4 Å². The van der Waals surface area contributed by atoms with Crippen LogP contribution in [0.4, 0.5) is 5.69 Å². The van der Waals surface area contributed by atoms with Gasteiger partial charge in [-0.2, -0.15) is 0 Å². The molecule has 134 valence electrons. The van der Waals surface area contributed by atoms with Crippen molar-refractivity contribution in [2.75, 3.05) is 5.32 Å². The number of hydrogen-bond donors (Lipinski definition) is 1. The van der Waals surface area contributed by atoms with Crippen LogP contribution in [0.15, 0.2) is 24.3 Å². The summed E-state index contributed by atoms with van der Waals surface area (Å²) >= 11 is 1.12. The molecule has 26 heavy (non-hydrogen) atoms. The van der Waals surface area contributed by atoms with Crippen LogP contribution in [0.25, 0.3) is 11.4 Å². The number of fused-ring (bicyclic) bond motifs is 1. The molecule has 3 aromatic rings. The largest absolute Gasteiger partial charge is 0.321 e. The van der Waals surface area contributed by atoms with Crippen LogP contribution < -0.4 is 5.32 Å². The first-order valence-electron chi connectivity index (χ1n) is 8.91. The Bertz CT molecular complexity index is 931. The van der Waals surface area contributed by atoms with Crippen molar-refractivity contribution < 1.29 is 4.79 Å². The van der Waals surface area contributed by atoms with Crippen LogP contribution in [0.3, 0.4) is 0 Å². The fraction of sp³-hybridized carbons (Fsp3) is 0.389. The lowest BCUT2D eigenvalue weighted by Gasteiger charge is -2.09. The third kappa shape index (κ3) is 3.24. The number of anilines is 1. The quantitative estimate of drug-likeness (QED) is 0.763. The van der Waals surface area contributed by atoms with E-state index in [1.165, 1.54) is 6.42 Å². The van der Waals surface area contributed by atoms with E-state index in [2.05, 4.69) is 29.7 Å². The van der Waals surface area contributed by atoms with Crippen LogP contribution in [0.1, 0.15) is 47.4 Å². The summed E-state index contributed by atoms with van der Waals surface area (Å²) in [6, 6.07) is 7.75. The minimum absolute atomic E-state index is 0.172. The zero-order chi connectivity index (χ0) is 17.9. The number of rotatable bonds is 4. The Balaban J connectivity index is 1.60. The highest BCUT2D eigenvalue weighted by Crippen LogP contribution is 2.25. The second-order valence-corrected chi connectivity index (χ2v) is 7.09. The number of carbonyl (C=O) groups excluding carboxylic acids is 1. The average Bonchev–Trinajstić information content (AvgIpc) is 3.23. The first kappa shape index (κ1) is 16.8. The molecular weight excluding hydrogens is 348 g/mol. The third-order valence-electron chi connectivity index (χ3n) is 4.59. The van der Waals surface area contributed by atoms with Crippen molar-refractivity contribution in [3.63, 3.8) is 0 Å². The normalized spacial score (nSPS) is 13.9. The maximum Gasteiger partial charge on any atom is 0.269 e. The molecule has 8 heteroatoms. The summed E-state index contributed by atoms with van der Waals surface area (Å²) in [4.78, 5) is 13.1. The third-order valence-corrected chi connectivity index (χ3v) is 5.35. The van der Waals surface area contributed by atoms with Gasteiger partial charge in [-0.25, -0.2) is 0 Å². The van der Waals surface area contributed by atoms with E-state index in [4.69, 9.17) is 0 Å². The predicted molar refractivity (Wildman–Crippen MR) is 100 cm³/mol. The molecule has 2 aromatic heterocycles.